The van der Waals surface area contributed by atoms with Crippen LogP contribution in [0, 0.1) is 0 Å². The van der Waals surface area contributed by atoms with E-state index in [-0.39, 0.29) is 0 Å². The zero-order valence-electron chi connectivity index (χ0n) is 10.0. The van der Waals surface area contributed by atoms with Crippen LogP contribution >= 0.6 is 23.2 Å². The van der Waals surface area contributed by atoms with Crippen molar-refractivity contribution in [3.05, 3.63) is 45.7 Å². The average molecular weight is 285 g/mol. The van der Waals surface area contributed by atoms with E-state index in [1.807, 2.05) is 25.4 Å². The van der Waals surface area contributed by atoms with E-state index in [1.54, 1.807) is 10.7 Å². The van der Waals surface area contributed by atoms with Gasteiger partial charge >= 0.3 is 0 Å². The van der Waals surface area contributed by atoms with Gasteiger partial charge in [0.25, 0.3) is 0 Å². The predicted molar refractivity (Wildman–Crippen MR) is 72.9 cm³/mol. The highest BCUT2D eigenvalue weighted by atomic mass is 35.5. The van der Waals surface area contributed by atoms with Gasteiger partial charge in [0.05, 0.1) is 15.7 Å². The van der Waals surface area contributed by atoms with Crippen LogP contribution in [0.4, 0.5) is 0 Å². The Morgan fingerprint density at radius 3 is 2.89 bits per heavy atom. The lowest BCUT2D eigenvalue weighted by Gasteiger charge is -2.06. The van der Waals surface area contributed by atoms with E-state index in [0.717, 1.165) is 24.2 Å². The Morgan fingerprint density at radius 1 is 1.33 bits per heavy atom. The summed E-state index contributed by atoms with van der Waals surface area (Å²) < 4.78 is 1.69. The minimum Gasteiger partial charge on any atom is -0.311 e. The molecule has 2 aromatic rings. The highest BCUT2D eigenvalue weighted by Gasteiger charge is 2.04. The number of nitrogens with one attached hydrogen (secondary N) is 1. The van der Waals surface area contributed by atoms with Crippen LogP contribution in [-0.2, 0) is 20.0 Å². The first-order valence-corrected chi connectivity index (χ1v) is 6.41. The summed E-state index contributed by atoms with van der Waals surface area (Å²) in [5, 5.41) is 12.4. The number of hydrogen-bond donors (Lipinski definition) is 1. The molecule has 0 aliphatic rings. The summed E-state index contributed by atoms with van der Waals surface area (Å²) in [5.74, 6) is 0. The normalized spacial score (nSPS) is 10.8. The van der Waals surface area contributed by atoms with Crippen molar-refractivity contribution in [1.29, 1.82) is 0 Å². The molecule has 6 heteroatoms. The van der Waals surface area contributed by atoms with Crippen molar-refractivity contribution < 1.29 is 0 Å². The molecule has 4 nitrogen and oxygen atoms in total. The highest BCUT2D eigenvalue weighted by molar-refractivity contribution is 6.42. The first-order valence-electron chi connectivity index (χ1n) is 5.65. The lowest BCUT2D eigenvalue weighted by molar-refractivity contribution is 0.670. The van der Waals surface area contributed by atoms with Gasteiger partial charge in [-0.3, -0.25) is 4.68 Å². The Balaban J connectivity index is 1.80. The van der Waals surface area contributed by atoms with Crippen molar-refractivity contribution in [1.82, 2.24) is 20.3 Å². The molecular weight excluding hydrogens is 271 g/mol. The van der Waals surface area contributed by atoms with Crippen molar-refractivity contribution in [3.8, 4) is 0 Å². The summed E-state index contributed by atoms with van der Waals surface area (Å²) >= 11 is 12.1. The van der Waals surface area contributed by atoms with Crippen LogP contribution in [0.3, 0.4) is 0 Å². The van der Waals surface area contributed by atoms with E-state index in [9.17, 15) is 0 Å². The third-order valence-corrected chi connectivity index (χ3v) is 3.42. The number of aromatic nitrogens is 3. The van der Waals surface area contributed by atoms with Crippen LogP contribution < -0.4 is 5.32 Å². The van der Waals surface area contributed by atoms with Gasteiger partial charge in [-0.25, -0.2) is 0 Å². The highest BCUT2D eigenvalue weighted by Crippen LogP contribution is 2.25. The summed E-state index contributed by atoms with van der Waals surface area (Å²) in [6.45, 7) is 1.52. The van der Waals surface area contributed by atoms with Gasteiger partial charge in [0, 0.05) is 19.8 Å². The molecule has 1 aromatic carbocycles. The van der Waals surface area contributed by atoms with Gasteiger partial charge in [-0.1, -0.05) is 40.5 Å². The predicted octanol–water partition coefficient (Wildman–Crippen LogP) is 2.45. The first-order chi connectivity index (χ1) is 8.66. The standard InChI is InChI=1S/C12H14Cl2N4/c1-18-8-10(16-17-18)7-15-6-5-9-3-2-4-11(13)12(9)14/h2-4,8,15H,5-7H2,1H3. The molecule has 0 saturated heterocycles. The molecule has 0 saturated carbocycles. The van der Waals surface area contributed by atoms with Gasteiger partial charge in [-0.15, -0.1) is 5.10 Å². The number of aryl methyl sites for hydroxylation is 1. The Hall–Kier alpha value is -1.10. The van der Waals surface area contributed by atoms with Crippen LogP contribution in [0.5, 0.6) is 0 Å². The van der Waals surface area contributed by atoms with Crippen molar-refractivity contribution in [2.75, 3.05) is 6.54 Å². The molecule has 2 rings (SSSR count). The lowest BCUT2D eigenvalue weighted by atomic mass is 10.1. The monoisotopic (exact) mass is 284 g/mol. The molecule has 96 valence electrons. The maximum atomic E-state index is 6.11. The van der Waals surface area contributed by atoms with E-state index in [1.165, 1.54) is 0 Å². The topological polar surface area (TPSA) is 42.7 Å². The summed E-state index contributed by atoms with van der Waals surface area (Å²) in [5.41, 5.74) is 1.98. The SMILES string of the molecule is Cn1cc(CNCCc2cccc(Cl)c2Cl)nn1. The minimum absolute atomic E-state index is 0.600. The zero-order chi connectivity index (χ0) is 13.0. The van der Waals surface area contributed by atoms with Crippen molar-refractivity contribution in [3.63, 3.8) is 0 Å². The molecule has 0 atom stereocenters. The van der Waals surface area contributed by atoms with Gasteiger partial charge in [-0.05, 0) is 24.6 Å². The van der Waals surface area contributed by atoms with Crippen LogP contribution in [0.25, 0.3) is 0 Å². The lowest BCUT2D eigenvalue weighted by Crippen LogP contribution is -2.17. The molecule has 0 aliphatic heterocycles. The van der Waals surface area contributed by atoms with Gasteiger partial charge < -0.3 is 5.32 Å². The second-order valence-electron chi connectivity index (χ2n) is 4.02. The molecule has 0 spiro atoms. The summed E-state index contributed by atoms with van der Waals surface area (Å²) in [7, 11) is 1.85. The smallest absolute Gasteiger partial charge is 0.0964 e. The fourth-order valence-corrected chi connectivity index (χ4v) is 2.07. The quantitative estimate of drug-likeness (QED) is 0.858. The molecule has 1 N–H and O–H groups in total. The largest absolute Gasteiger partial charge is 0.311 e. The second kappa shape index (κ2) is 6.18. The van der Waals surface area contributed by atoms with E-state index in [0.29, 0.717) is 16.6 Å². The van der Waals surface area contributed by atoms with Gasteiger partial charge in [0.2, 0.25) is 0 Å². The molecule has 1 heterocycles. The summed E-state index contributed by atoms with van der Waals surface area (Å²) in [4.78, 5) is 0. The minimum atomic E-state index is 0.600. The van der Waals surface area contributed by atoms with Gasteiger partial charge in [0.1, 0.15) is 0 Å². The van der Waals surface area contributed by atoms with Crippen LogP contribution in [-0.4, -0.2) is 21.5 Å². The molecule has 0 aliphatic carbocycles. The number of hydrogen-bond acceptors (Lipinski definition) is 3. The van der Waals surface area contributed by atoms with Crippen molar-refractivity contribution >= 4 is 23.2 Å². The fraction of sp³-hybridized carbons (Fsp3) is 0.333. The van der Waals surface area contributed by atoms with E-state index in [2.05, 4.69) is 15.6 Å². The Kier molecular flexibility index (Phi) is 4.58. The Bertz CT molecular complexity index is 525. The van der Waals surface area contributed by atoms with Crippen molar-refractivity contribution in [2.24, 2.45) is 7.05 Å². The fourth-order valence-electron chi connectivity index (χ4n) is 1.66. The molecular formula is C12H14Cl2N4. The number of benzene rings is 1. The van der Waals surface area contributed by atoms with Crippen LogP contribution in [0.1, 0.15) is 11.3 Å². The zero-order valence-corrected chi connectivity index (χ0v) is 11.5. The van der Waals surface area contributed by atoms with Gasteiger partial charge in [-0.2, -0.15) is 0 Å². The molecule has 0 fully saturated rings. The van der Waals surface area contributed by atoms with E-state index >= 15 is 0 Å². The number of rotatable bonds is 5. The molecule has 0 amide bonds. The molecule has 0 bridgehead atoms. The average Bonchev–Trinajstić information content (AvgIpc) is 2.76. The molecule has 0 radical (unpaired) electrons. The number of nitrogens with zero attached hydrogens (tertiary/aromatic N) is 3. The van der Waals surface area contributed by atoms with Crippen LogP contribution in [0.15, 0.2) is 24.4 Å². The second-order valence-corrected chi connectivity index (χ2v) is 4.81. The van der Waals surface area contributed by atoms with Crippen molar-refractivity contribution in [2.45, 2.75) is 13.0 Å². The Labute approximate surface area is 116 Å². The first kappa shape index (κ1) is 13.3. The third kappa shape index (κ3) is 3.45. The van der Waals surface area contributed by atoms with E-state index < -0.39 is 0 Å². The summed E-state index contributed by atoms with van der Waals surface area (Å²) in [6, 6.07) is 5.69. The van der Waals surface area contributed by atoms with Crippen LogP contribution in [0.2, 0.25) is 10.0 Å². The maximum Gasteiger partial charge on any atom is 0.0964 e. The maximum absolute atomic E-state index is 6.11. The molecule has 0 unspecified atom stereocenters. The molecule has 1 aromatic heterocycles. The van der Waals surface area contributed by atoms with E-state index in [4.69, 9.17) is 23.2 Å². The molecule has 18 heavy (non-hydrogen) atoms. The summed E-state index contributed by atoms with van der Waals surface area (Å²) in [6.07, 6.45) is 2.72. The van der Waals surface area contributed by atoms with Gasteiger partial charge in [0.15, 0.2) is 0 Å². The number of halogens is 2. The Morgan fingerprint density at radius 2 is 2.17 bits per heavy atom. The third-order valence-electron chi connectivity index (χ3n) is 2.56.